The van der Waals surface area contributed by atoms with E-state index in [4.69, 9.17) is 4.74 Å². The van der Waals surface area contributed by atoms with Gasteiger partial charge in [0.2, 0.25) is 0 Å². The van der Waals surface area contributed by atoms with Gasteiger partial charge >= 0.3 is 0 Å². The van der Waals surface area contributed by atoms with Gasteiger partial charge in [0.1, 0.15) is 17.9 Å². The van der Waals surface area contributed by atoms with E-state index in [0.717, 1.165) is 46.4 Å². The van der Waals surface area contributed by atoms with Crippen LogP contribution in [-0.2, 0) is 0 Å². The molecule has 0 atom stereocenters. The molecule has 1 saturated carbocycles. The third-order valence-electron chi connectivity index (χ3n) is 5.69. The van der Waals surface area contributed by atoms with Crippen LogP contribution in [0.5, 0.6) is 5.75 Å². The van der Waals surface area contributed by atoms with Crippen LogP contribution < -0.4 is 10.1 Å². The van der Waals surface area contributed by atoms with Crippen molar-refractivity contribution >= 4 is 16.7 Å². The number of hydrogen-bond donors (Lipinski definition) is 1. The predicted octanol–water partition coefficient (Wildman–Crippen LogP) is 3.99. The highest BCUT2D eigenvalue weighted by Gasteiger charge is 2.23. The molecule has 0 saturated heterocycles. The highest BCUT2D eigenvalue weighted by molar-refractivity contribution is 5.92. The van der Waals surface area contributed by atoms with Crippen LogP contribution in [0.3, 0.4) is 0 Å². The highest BCUT2D eigenvalue weighted by atomic mass is 16.5. The first-order valence-electron chi connectivity index (χ1n) is 9.81. The molecule has 0 bridgehead atoms. The molecule has 1 N–H and O–H groups in total. The van der Waals surface area contributed by atoms with Gasteiger partial charge < -0.3 is 15.0 Å². The molecule has 4 rings (SSSR count). The number of nitrogens with zero attached hydrogens (tertiary/aromatic N) is 4. The summed E-state index contributed by atoms with van der Waals surface area (Å²) in [5.41, 5.74) is 3.04. The molecule has 0 unspecified atom stereocenters. The van der Waals surface area contributed by atoms with E-state index in [9.17, 15) is 0 Å². The smallest absolute Gasteiger partial charge is 0.137 e. The quantitative estimate of drug-likeness (QED) is 0.725. The maximum atomic E-state index is 5.31. The number of anilines is 1. The summed E-state index contributed by atoms with van der Waals surface area (Å²) in [4.78, 5) is 15.6. The SMILES string of the molecule is COc1cncc(-c2ccc3ncnc(NC4CCC(N(C)C)CC4)c3c2)c1. The lowest BCUT2D eigenvalue weighted by molar-refractivity contribution is 0.221. The van der Waals surface area contributed by atoms with Crippen molar-refractivity contribution in [3.63, 3.8) is 0 Å². The average Bonchev–Trinajstić information content (AvgIpc) is 2.74. The summed E-state index contributed by atoms with van der Waals surface area (Å²) in [5.74, 6) is 1.66. The van der Waals surface area contributed by atoms with E-state index >= 15 is 0 Å². The van der Waals surface area contributed by atoms with Gasteiger partial charge in [-0.2, -0.15) is 0 Å². The number of rotatable bonds is 5. The molecule has 1 aliphatic rings. The Labute approximate surface area is 166 Å². The third-order valence-corrected chi connectivity index (χ3v) is 5.69. The fourth-order valence-electron chi connectivity index (χ4n) is 3.97. The second-order valence-corrected chi connectivity index (χ2v) is 7.68. The molecular formula is C22H27N5O. The molecule has 6 nitrogen and oxygen atoms in total. The molecule has 1 aliphatic carbocycles. The Hall–Kier alpha value is -2.73. The lowest BCUT2D eigenvalue weighted by Crippen LogP contribution is -2.36. The van der Waals surface area contributed by atoms with E-state index < -0.39 is 0 Å². The zero-order valence-corrected chi connectivity index (χ0v) is 16.7. The van der Waals surface area contributed by atoms with Crippen molar-refractivity contribution < 1.29 is 4.74 Å². The lowest BCUT2D eigenvalue weighted by Gasteiger charge is -2.33. The number of benzene rings is 1. The van der Waals surface area contributed by atoms with Crippen molar-refractivity contribution in [3.05, 3.63) is 43.0 Å². The number of fused-ring (bicyclic) bond motifs is 1. The molecule has 0 aliphatic heterocycles. The number of aromatic nitrogens is 3. The first-order chi connectivity index (χ1) is 13.6. The summed E-state index contributed by atoms with van der Waals surface area (Å²) < 4.78 is 5.31. The van der Waals surface area contributed by atoms with Gasteiger partial charge in [-0.15, -0.1) is 0 Å². The number of methoxy groups -OCH3 is 1. The Balaban J connectivity index is 1.60. The molecule has 1 aromatic carbocycles. The molecule has 0 amide bonds. The molecule has 146 valence electrons. The molecule has 0 spiro atoms. The maximum Gasteiger partial charge on any atom is 0.137 e. The lowest BCUT2D eigenvalue weighted by atomic mass is 9.90. The summed E-state index contributed by atoms with van der Waals surface area (Å²) in [6, 6.07) is 9.38. The number of nitrogens with one attached hydrogen (secondary N) is 1. The van der Waals surface area contributed by atoms with Gasteiger partial charge in [-0.3, -0.25) is 4.98 Å². The number of pyridine rings is 1. The molecule has 3 aromatic rings. The summed E-state index contributed by atoms with van der Waals surface area (Å²) in [6.07, 6.45) is 9.96. The van der Waals surface area contributed by atoms with Gasteiger partial charge in [-0.1, -0.05) is 6.07 Å². The second-order valence-electron chi connectivity index (χ2n) is 7.68. The van der Waals surface area contributed by atoms with E-state index in [1.165, 1.54) is 12.8 Å². The van der Waals surface area contributed by atoms with Crippen LogP contribution in [0.25, 0.3) is 22.0 Å². The van der Waals surface area contributed by atoms with Crippen LogP contribution in [-0.4, -0.2) is 53.1 Å². The molecule has 2 aromatic heterocycles. The topological polar surface area (TPSA) is 63.2 Å². The van der Waals surface area contributed by atoms with Crippen LogP contribution >= 0.6 is 0 Å². The van der Waals surface area contributed by atoms with E-state index in [1.54, 1.807) is 19.6 Å². The average molecular weight is 377 g/mol. The molecule has 28 heavy (non-hydrogen) atoms. The Kier molecular flexibility index (Phi) is 5.39. The van der Waals surface area contributed by atoms with E-state index in [1.807, 2.05) is 18.3 Å². The fraction of sp³-hybridized carbons (Fsp3) is 0.409. The van der Waals surface area contributed by atoms with E-state index in [0.29, 0.717) is 12.1 Å². The minimum atomic E-state index is 0.455. The van der Waals surface area contributed by atoms with Crippen LogP contribution in [0, 0.1) is 0 Å². The van der Waals surface area contributed by atoms with Crippen molar-refractivity contribution in [1.82, 2.24) is 19.9 Å². The standard InChI is InChI=1S/C22H27N5O/c1-27(2)18-7-5-17(6-8-18)26-22-20-11-15(4-9-21(20)24-14-25-22)16-10-19(28-3)13-23-12-16/h4,9-14,17-18H,5-8H2,1-3H3,(H,24,25,26). The van der Waals surface area contributed by atoms with Gasteiger partial charge in [-0.25, -0.2) is 9.97 Å². The third kappa shape index (κ3) is 3.92. The van der Waals surface area contributed by atoms with Crippen molar-refractivity contribution in [2.75, 3.05) is 26.5 Å². The Bertz CT molecular complexity index is 951. The molecule has 1 fully saturated rings. The normalized spacial score (nSPS) is 19.7. The van der Waals surface area contributed by atoms with Crippen LogP contribution in [0.1, 0.15) is 25.7 Å². The first kappa shape index (κ1) is 18.6. The first-order valence-corrected chi connectivity index (χ1v) is 9.81. The van der Waals surface area contributed by atoms with Crippen molar-refractivity contribution in [1.29, 1.82) is 0 Å². The van der Waals surface area contributed by atoms with Crippen LogP contribution in [0.15, 0.2) is 43.0 Å². The minimum absolute atomic E-state index is 0.455. The Morgan fingerprint density at radius 3 is 2.57 bits per heavy atom. The van der Waals surface area contributed by atoms with Crippen molar-refractivity contribution in [2.45, 2.75) is 37.8 Å². The maximum absolute atomic E-state index is 5.31. The predicted molar refractivity (Wildman–Crippen MR) is 113 cm³/mol. The minimum Gasteiger partial charge on any atom is -0.495 e. The van der Waals surface area contributed by atoms with E-state index in [-0.39, 0.29) is 0 Å². The molecule has 2 heterocycles. The summed E-state index contributed by atoms with van der Waals surface area (Å²) in [6.45, 7) is 0. The summed E-state index contributed by atoms with van der Waals surface area (Å²) in [7, 11) is 6.00. The summed E-state index contributed by atoms with van der Waals surface area (Å²) in [5, 5.41) is 4.71. The van der Waals surface area contributed by atoms with Crippen LogP contribution in [0.4, 0.5) is 5.82 Å². The fourth-order valence-corrected chi connectivity index (χ4v) is 3.97. The monoisotopic (exact) mass is 377 g/mol. The molecule has 6 heteroatoms. The molecule has 0 radical (unpaired) electrons. The van der Waals surface area contributed by atoms with Crippen LogP contribution in [0.2, 0.25) is 0 Å². The Morgan fingerprint density at radius 2 is 1.82 bits per heavy atom. The van der Waals surface area contributed by atoms with Crippen molar-refractivity contribution in [2.24, 2.45) is 0 Å². The molecular weight excluding hydrogens is 350 g/mol. The van der Waals surface area contributed by atoms with Gasteiger partial charge in [0.15, 0.2) is 0 Å². The summed E-state index contributed by atoms with van der Waals surface area (Å²) >= 11 is 0. The zero-order chi connectivity index (χ0) is 19.5. The van der Waals surface area contributed by atoms with Gasteiger partial charge in [0.25, 0.3) is 0 Å². The van der Waals surface area contributed by atoms with E-state index in [2.05, 4.69) is 51.4 Å². The number of ether oxygens (including phenoxy) is 1. The largest absolute Gasteiger partial charge is 0.495 e. The van der Waals surface area contributed by atoms with Crippen molar-refractivity contribution in [3.8, 4) is 16.9 Å². The van der Waals surface area contributed by atoms with Gasteiger partial charge in [-0.05, 0) is 63.5 Å². The Morgan fingerprint density at radius 1 is 1.00 bits per heavy atom. The highest BCUT2D eigenvalue weighted by Crippen LogP contribution is 2.30. The number of hydrogen-bond acceptors (Lipinski definition) is 6. The second kappa shape index (κ2) is 8.10. The van der Waals surface area contributed by atoms with Gasteiger partial charge in [0.05, 0.1) is 18.8 Å². The van der Waals surface area contributed by atoms with Gasteiger partial charge in [0, 0.05) is 29.2 Å². The zero-order valence-electron chi connectivity index (χ0n) is 16.7.